The van der Waals surface area contributed by atoms with Crippen LogP contribution in [-0.4, -0.2) is 10.9 Å². The smallest absolute Gasteiger partial charge is 0.227 e. The molecule has 0 aliphatic carbocycles. The van der Waals surface area contributed by atoms with Crippen molar-refractivity contribution in [1.29, 1.82) is 5.26 Å². The molecule has 0 atom stereocenters. The highest BCUT2D eigenvalue weighted by atomic mass is 16.2. The third-order valence-corrected chi connectivity index (χ3v) is 3.63. The summed E-state index contributed by atoms with van der Waals surface area (Å²) in [7, 11) is 0. The van der Waals surface area contributed by atoms with Gasteiger partial charge in [-0.1, -0.05) is 6.07 Å². The molecule has 2 N–H and O–H groups in total. The Kier molecular flexibility index (Phi) is 3.28. The number of nitrogens with zero attached hydrogens (tertiary/aromatic N) is 3. The van der Waals surface area contributed by atoms with Crippen molar-refractivity contribution in [3.05, 3.63) is 53.3 Å². The van der Waals surface area contributed by atoms with E-state index in [-0.39, 0.29) is 5.91 Å². The first-order chi connectivity index (χ1) is 10.2. The highest BCUT2D eigenvalue weighted by Gasteiger charge is 2.25. The first kappa shape index (κ1) is 13.1. The summed E-state index contributed by atoms with van der Waals surface area (Å²) in [4.78, 5) is 18.0. The molecule has 0 unspecified atom stereocenters. The number of rotatable bonds is 2. The van der Waals surface area contributed by atoms with E-state index in [4.69, 9.17) is 11.0 Å². The predicted molar refractivity (Wildman–Crippen MR) is 79.3 cm³/mol. The van der Waals surface area contributed by atoms with Gasteiger partial charge in [-0.3, -0.25) is 4.79 Å². The first-order valence-electron chi connectivity index (χ1n) is 6.72. The van der Waals surface area contributed by atoms with E-state index in [1.54, 1.807) is 23.2 Å². The lowest BCUT2D eigenvalue weighted by atomic mass is 9.99. The standard InChI is InChI=1S/C16H14N4O/c17-9-14-12(2-1-7-19-14)10-20-15-5-4-13(18)8-11(15)3-6-16(20)21/h1-2,4-5,7-8H,3,6,10,18H2. The molecule has 2 heterocycles. The van der Waals surface area contributed by atoms with Crippen LogP contribution in [0.4, 0.5) is 11.4 Å². The molecule has 0 saturated heterocycles. The number of aryl methyl sites for hydroxylation is 1. The number of nitrogens with two attached hydrogens (primary N) is 1. The molecule has 0 spiro atoms. The number of benzene rings is 1. The van der Waals surface area contributed by atoms with Gasteiger partial charge in [0.05, 0.1) is 6.54 Å². The Balaban J connectivity index is 1.99. The van der Waals surface area contributed by atoms with Crippen molar-refractivity contribution in [3.63, 3.8) is 0 Å². The summed E-state index contributed by atoms with van der Waals surface area (Å²) in [6.45, 7) is 0.354. The molecule has 5 heteroatoms. The molecule has 3 rings (SSSR count). The van der Waals surface area contributed by atoms with Crippen LogP contribution in [0.25, 0.3) is 0 Å². The Labute approximate surface area is 122 Å². The molecule has 0 bridgehead atoms. The van der Waals surface area contributed by atoms with E-state index in [2.05, 4.69) is 11.1 Å². The molecule has 0 radical (unpaired) electrons. The van der Waals surface area contributed by atoms with Crippen LogP contribution in [0.5, 0.6) is 0 Å². The van der Waals surface area contributed by atoms with Crippen LogP contribution in [0.15, 0.2) is 36.5 Å². The molecule has 1 aromatic carbocycles. The van der Waals surface area contributed by atoms with E-state index >= 15 is 0 Å². The van der Waals surface area contributed by atoms with Gasteiger partial charge in [-0.05, 0) is 36.2 Å². The van der Waals surface area contributed by atoms with Crippen LogP contribution in [0.2, 0.25) is 0 Å². The monoisotopic (exact) mass is 278 g/mol. The molecule has 104 valence electrons. The van der Waals surface area contributed by atoms with E-state index in [0.29, 0.717) is 30.8 Å². The number of amides is 1. The van der Waals surface area contributed by atoms with Crippen molar-refractivity contribution < 1.29 is 4.79 Å². The molecule has 1 aromatic heterocycles. The van der Waals surface area contributed by atoms with E-state index in [0.717, 1.165) is 16.8 Å². The van der Waals surface area contributed by atoms with Crippen molar-refractivity contribution in [1.82, 2.24) is 4.98 Å². The van der Waals surface area contributed by atoms with Crippen LogP contribution < -0.4 is 10.6 Å². The van der Waals surface area contributed by atoms with Gasteiger partial charge >= 0.3 is 0 Å². The lowest BCUT2D eigenvalue weighted by molar-refractivity contribution is -0.119. The summed E-state index contributed by atoms with van der Waals surface area (Å²) in [5, 5.41) is 9.11. The summed E-state index contributed by atoms with van der Waals surface area (Å²) in [5.74, 6) is 0.0556. The molecular formula is C16H14N4O. The maximum atomic E-state index is 12.2. The SMILES string of the molecule is N#Cc1ncccc1CN1C(=O)CCc2cc(N)ccc21. The number of nitriles is 1. The highest BCUT2D eigenvalue weighted by molar-refractivity contribution is 5.96. The second kappa shape index (κ2) is 5.25. The lowest BCUT2D eigenvalue weighted by Crippen LogP contribution is -2.34. The Hall–Kier alpha value is -2.87. The molecule has 0 saturated carbocycles. The van der Waals surface area contributed by atoms with Crippen LogP contribution in [-0.2, 0) is 17.8 Å². The zero-order chi connectivity index (χ0) is 14.8. The fourth-order valence-corrected chi connectivity index (χ4v) is 2.59. The minimum Gasteiger partial charge on any atom is -0.399 e. The number of anilines is 2. The molecule has 1 aliphatic rings. The fraction of sp³-hybridized carbons (Fsp3) is 0.188. The van der Waals surface area contributed by atoms with Crippen LogP contribution in [0.3, 0.4) is 0 Å². The molecule has 5 nitrogen and oxygen atoms in total. The normalized spacial score (nSPS) is 13.7. The minimum absolute atomic E-state index is 0.0556. The molecule has 0 fully saturated rings. The summed E-state index contributed by atoms with van der Waals surface area (Å²) < 4.78 is 0. The van der Waals surface area contributed by atoms with Gasteiger partial charge < -0.3 is 10.6 Å². The van der Waals surface area contributed by atoms with Crippen LogP contribution in [0, 0.1) is 11.3 Å². The van der Waals surface area contributed by atoms with Crippen molar-refractivity contribution in [2.45, 2.75) is 19.4 Å². The third-order valence-electron chi connectivity index (χ3n) is 3.63. The van der Waals surface area contributed by atoms with E-state index in [9.17, 15) is 4.79 Å². The van der Waals surface area contributed by atoms with Crippen LogP contribution in [0.1, 0.15) is 23.2 Å². The predicted octanol–water partition coefficient (Wildman–Crippen LogP) is 2.01. The number of aromatic nitrogens is 1. The second-order valence-corrected chi connectivity index (χ2v) is 4.99. The Bertz CT molecular complexity index is 748. The van der Waals surface area contributed by atoms with E-state index < -0.39 is 0 Å². The molecular weight excluding hydrogens is 264 g/mol. The molecule has 1 aliphatic heterocycles. The average Bonchev–Trinajstić information content (AvgIpc) is 2.50. The van der Waals surface area contributed by atoms with Gasteiger partial charge in [0.15, 0.2) is 0 Å². The summed E-state index contributed by atoms with van der Waals surface area (Å²) >= 11 is 0. The number of carbonyl (C=O) groups is 1. The van der Waals surface area contributed by atoms with Crippen molar-refractivity contribution in [2.24, 2.45) is 0 Å². The van der Waals surface area contributed by atoms with Gasteiger partial charge in [0.1, 0.15) is 11.8 Å². The first-order valence-corrected chi connectivity index (χ1v) is 6.72. The molecule has 2 aromatic rings. The Morgan fingerprint density at radius 2 is 2.19 bits per heavy atom. The number of nitrogen functional groups attached to an aromatic ring is 1. The van der Waals surface area contributed by atoms with Gasteiger partial charge in [-0.2, -0.15) is 5.26 Å². The summed E-state index contributed by atoms with van der Waals surface area (Å²) in [6, 6.07) is 11.2. The summed E-state index contributed by atoms with van der Waals surface area (Å²) in [6.07, 6.45) is 2.74. The van der Waals surface area contributed by atoms with Crippen LogP contribution >= 0.6 is 0 Å². The van der Waals surface area contributed by atoms with E-state index in [1.165, 1.54) is 0 Å². The lowest BCUT2D eigenvalue weighted by Gasteiger charge is -2.29. The number of carbonyl (C=O) groups excluding carboxylic acids is 1. The Morgan fingerprint density at radius 1 is 1.33 bits per heavy atom. The molecule has 1 amide bonds. The second-order valence-electron chi connectivity index (χ2n) is 4.99. The zero-order valence-corrected chi connectivity index (χ0v) is 11.4. The number of hydrogen-bond acceptors (Lipinski definition) is 4. The van der Waals surface area contributed by atoms with Gasteiger partial charge in [-0.25, -0.2) is 4.98 Å². The van der Waals surface area contributed by atoms with Gasteiger partial charge in [0.25, 0.3) is 0 Å². The van der Waals surface area contributed by atoms with Gasteiger partial charge in [0.2, 0.25) is 5.91 Å². The van der Waals surface area contributed by atoms with Crippen molar-refractivity contribution in [2.75, 3.05) is 10.6 Å². The quantitative estimate of drug-likeness (QED) is 0.852. The Morgan fingerprint density at radius 3 is 3.00 bits per heavy atom. The van der Waals surface area contributed by atoms with Crippen molar-refractivity contribution in [3.8, 4) is 6.07 Å². The topological polar surface area (TPSA) is 83.0 Å². The van der Waals surface area contributed by atoms with Gasteiger partial charge in [0, 0.05) is 29.6 Å². The number of pyridine rings is 1. The highest BCUT2D eigenvalue weighted by Crippen LogP contribution is 2.30. The molecule has 21 heavy (non-hydrogen) atoms. The van der Waals surface area contributed by atoms with Crippen molar-refractivity contribution >= 4 is 17.3 Å². The largest absolute Gasteiger partial charge is 0.399 e. The van der Waals surface area contributed by atoms with E-state index in [1.807, 2.05) is 18.2 Å². The van der Waals surface area contributed by atoms with Gasteiger partial charge in [-0.15, -0.1) is 0 Å². The maximum Gasteiger partial charge on any atom is 0.227 e. The number of hydrogen-bond donors (Lipinski definition) is 1. The minimum atomic E-state index is 0.0556. The zero-order valence-electron chi connectivity index (χ0n) is 11.4. The average molecular weight is 278 g/mol. The summed E-state index contributed by atoms with van der Waals surface area (Å²) in [5.41, 5.74) is 9.54. The number of fused-ring (bicyclic) bond motifs is 1. The maximum absolute atomic E-state index is 12.2. The third kappa shape index (κ3) is 2.43. The fourth-order valence-electron chi connectivity index (χ4n) is 2.59.